The van der Waals surface area contributed by atoms with E-state index in [-0.39, 0.29) is 5.57 Å². The highest BCUT2D eigenvalue weighted by molar-refractivity contribution is 9.10. The first kappa shape index (κ1) is 22.6. The molecule has 0 radical (unpaired) electrons. The molecule has 0 saturated carbocycles. The Kier molecular flexibility index (Phi) is 7.46. The summed E-state index contributed by atoms with van der Waals surface area (Å²) < 4.78 is 12.0. The van der Waals surface area contributed by atoms with Crippen molar-refractivity contribution >= 4 is 45.5 Å². The second-order valence-corrected chi connectivity index (χ2v) is 7.75. The molecule has 2 aromatic rings. The number of halogens is 1. The number of urea groups is 1. The van der Waals surface area contributed by atoms with Gasteiger partial charge in [0.25, 0.3) is 11.8 Å². The molecule has 8 heteroatoms. The predicted octanol–water partition coefficient (Wildman–Crippen LogP) is 4.69. The van der Waals surface area contributed by atoms with Crippen LogP contribution in [0.15, 0.2) is 52.5 Å². The Labute approximate surface area is 189 Å². The third kappa shape index (κ3) is 5.32. The number of carbonyl (C=O) groups excluding carboxylic acids is 3. The molecular formula is C23H23BrN2O5. The Hall–Kier alpha value is -3.13. The van der Waals surface area contributed by atoms with Crippen molar-refractivity contribution < 1.29 is 23.9 Å². The van der Waals surface area contributed by atoms with Gasteiger partial charge in [-0.1, -0.05) is 29.8 Å². The Morgan fingerprint density at radius 1 is 0.968 bits per heavy atom. The summed E-state index contributed by atoms with van der Waals surface area (Å²) in [6.07, 6.45) is 3.11. The molecular weight excluding hydrogens is 464 g/mol. The second kappa shape index (κ2) is 10.3. The molecule has 1 aliphatic heterocycles. The van der Waals surface area contributed by atoms with Gasteiger partial charge in [-0.3, -0.25) is 14.9 Å². The number of ether oxygens (including phenoxy) is 2. The molecule has 162 valence electrons. The van der Waals surface area contributed by atoms with Gasteiger partial charge in [-0.15, -0.1) is 0 Å². The average molecular weight is 487 g/mol. The lowest BCUT2D eigenvalue weighted by molar-refractivity contribution is -0.122. The largest absolute Gasteiger partial charge is 0.494 e. The molecule has 0 aliphatic carbocycles. The summed E-state index contributed by atoms with van der Waals surface area (Å²) in [7, 11) is 0. The van der Waals surface area contributed by atoms with E-state index in [1.165, 1.54) is 6.08 Å². The van der Waals surface area contributed by atoms with Crippen LogP contribution in [0.5, 0.6) is 11.5 Å². The number of nitrogens with one attached hydrogen (secondary N) is 1. The molecule has 0 spiro atoms. The Morgan fingerprint density at radius 2 is 1.65 bits per heavy atom. The van der Waals surface area contributed by atoms with Gasteiger partial charge in [-0.2, -0.15) is 0 Å². The molecule has 1 N–H and O–H groups in total. The monoisotopic (exact) mass is 486 g/mol. The van der Waals surface area contributed by atoms with Gasteiger partial charge in [0.05, 0.1) is 18.9 Å². The van der Waals surface area contributed by atoms with Crippen LogP contribution in [0.4, 0.5) is 10.5 Å². The van der Waals surface area contributed by atoms with Gasteiger partial charge < -0.3 is 9.47 Å². The maximum atomic E-state index is 13.1. The second-order valence-electron chi connectivity index (χ2n) is 6.83. The van der Waals surface area contributed by atoms with Gasteiger partial charge in [0, 0.05) is 10.0 Å². The third-order valence-corrected chi connectivity index (χ3v) is 4.90. The average Bonchev–Trinajstić information content (AvgIpc) is 2.75. The molecule has 4 amide bonds. The maximum Gasteiger partial charge on any atom is 0.335 e. The zero-order chi connectivity index (χ0) is 22.4. The fourth-order valence-corrected chi connectivity index (χ4v) is 3.31. The van der Waals surface area contributed by atoms with E-state index in [0.717, 1.165) is 22.2 Å². The van der Waals surface area contributed by atoms with E-state index in [2.05, 4.69) is 21.2 Å². The van der Waals surface area contributed by atoms with Gasteiger partial charge in [0.1, 0.15) is 17.1 Å². The Morgan fingerprint density at radius 3 is 2.32 bits per heavy atom. The van der Waals surface area contributed by atoms with Crippen molar-refractivity contribution in [3.05, 3.63) is 58.1 Å². The van der Waals surface area contributed by atoms with Crippen LogP contribution in [0.3, 0.4) is 0 Å². The third-order valence-electron chi connectivity index (χ3n) is 4.40. The molecule has 0 atom stereocenters. The van der Waals surface area contributed by atoms with E-state index in [1.807, 2.05) is 19.9 Å². The first-order valence-electron chi connectivity index (χ1n) is 10.0. The van der Waals surface area contributed by atoms with Crippen molar-refractivity contribution in [1.82, 2.24) is 5.32 Å². The SMILES string of the molecule is CCCOc1ccc(N2C(=O)NC(=O)/C(=C/c3cc(Br)ccc3OCCC)C2=O)cc1. The number of amides is 4. The zero-order valence-corrected chi connectivity index (χ0v) is 18.9. The molecule has 7 nitrogen and oxygen atoms in total. The number of carbonyl (C=O) groups is 3. The molecule has 0 aromatic heterocycles. The lowest BCUT2D eigenvalue weighted by Crippen LogP contribution is -2.54. The number of barbiturate groups is 1. The lowest BCUT2D eigenvalue weighted by Gasteiger charge is -2.26. The van der Waals surface area contributed by atoms with Crippen LogP contribution in [0.25, 0.3) is 6.08 Å². The molecule has 1 heterocycles. The number of hydrogen-bond acceptors (Lipinski definition) is 5. The lowest BCUT2D eigenvalue weighted by atomic mass is 10.1. The van der Waals surface area contributed by atoms with Gasteiger partial charge >= 0.3 is 6.03 Å². The summed E-state index contributed by atoms with van der Waals surface area (Å²) in [5, 5.41) is 2.23. The van der Waals surface area contributed by atoms with Crippen LogP contribution in [0.1, 0.15) is 32.3 Å². The summed E-state index contributed by atoms with van der Waals surface area (Å²) in [4.78, 5) is 38.9. The minimum absolute atomic E-state index is 0.162. The van der Waals surface area contributed by atoms with Crippen LogP contribution in [0.2, 0.25) is 0 Å². The number of hydrogen-bond donors (Lipinski definition) is 1. The fourth-order valence-electron chi connectivity index (χ4n) is 2.93. The quantitative estimate of drug-likeness (QED) is 0.431. The van der Waals surface area contributed by atoms with Crippen LogP contribution >= 0.6 is 15.9 Å². The van der Waals surface area contributed by atoms with E-state index < -0.39 is 17.8 Å². The molecule has 31 heavy (non-hydrogen) atoms. The minimum atomic E-state index is -0.800. The summed E-state index contributed by atoms with van der Waals surface area (Å²) in [6.45, 7) is 5.05. The summed E-state index contributed by atoms with van der Waals surface area (Å²) in [6, 6.07) is 11.1. The summed E-state index contributed by atoms with van der Waals surface area (Å²) in [5.74, 6) is -0.291. The van der Waals surface area contributed by atoms with Crippen molar-refractivity contribution in [3.8, 4) is 11.5 Å². The van der Waals surface area contributed by atoms with Gasteiger partial charge in [0.15, 0.2) is 0 Å². The van der Waals surface area contributed by atoms with Crippen LogP contribution in [-0.2, 0) is 9.59 Å². The van der Waals surface area contributed by atoms with Crippen molar-refractivity contribution in [3.63, 3.8) is 0 Å². The molecule has 0 bridgehead atoms. The summed E-state index contributed by atoms with van der Waals surface area (Å²) in [5.41, 5.74) is 0.728. The normalized spacial score (nSPS) is 15.3. The minimum Gasteiger partial charge on any atom is -0.494 e. The number of anilines is 1. The number of nitrogens with zero attached hydrogens (tertiary/aromatic N) is 1. The maximum absolute atomic E-state index is 13.1. The van der Waals surface area contributed by atoms with Crippen molar-refractivity contribution in [2.24, 2.45) is 0 Å². The standard InChI is InChI=1S/C23H23BrN2O5/c1-3-11-30-18-8-6-17(7-9-18)26-22(28)19(21(27)25-23(26)29)14-15-13-16(24)5-10-20(15)31-12-4-2/h5-10,13-14H,3-4,11-12H2,1-2H3,(H,25,27,29)/b19-14-. The fraction of sp³-hybridized carbons (Fsp3) is 0.261. The van der Waals surface area contributed by atoms with E-state index in [0.29, 0.717) is 36.0 Å². The van der Waals surface area contributed by atoms with Crippen LogP contribution < -0.4 is 19.7 Å². The molecule has 2 aromatic carbocycles. The first-order valence-corrected chi connectivity index (χ1v) is 10.8. The predicted molar refractivity (Wildman–Crippen MR) is 121 cm³/mol. The van der Waals surface area contributed by atoms with E-state index in [1.54, 1.807) is 36.4 Å². The molecule has 1 saturated heterocycles. The topological polar surface area (TPSA) is 84.9 Å². The number of imide groups is 2. The van der Waals surface area contributed by atoms with Gasteiger partial charge in [0.2, 0.25) is 0 Å². The Balaban J connectivity index is 1.94. The van der Waals surface area contributed by atoms with Crippen LogP contribution in [0, 0.1) is 0 Å². The van der Waals surface area contributed by atoms with E-state index in [9.17, 15) is 14.4 Å². The summed E-state index contributed by atoms with van der Waals surface area (Å²) >= 11 is 3.40. The molecule has 1 fully saturated rings. The van der Waals surface area contributed by atoms with Gasteiger partial charge in [-0.25, -0.2) is 9.69 Å². The first-order chi connectivity index (χ1) is 14.9. The van der Waals surface area contributed by atoms with Gasteiger partial charge in [-0.05, 0) is 61.4 Å². The molecule has 0 unspecified atom stereocenters. The highest BCUT2D eigenvalue weighted by Crippen LogP contribution is 2.29. The van der Waals surface area contributed by atoms with E-state index >= 15 is 0 Å². The highest BCUT2D eigenvalue weighted by atomic mass is 79.9. The zero-order valence-electron chi connectivity index (χ0n) is 17.3. The van der Waals surface area contributed by atoms with Crippen molar-refractivity contribution in [2.75, 3.05) is 18.1 Å². The molecule has 3 rings (SSSR count). The number of benzene rings is 2. The number of rotatable bonds is 8. The van der Waals surface area contributed by atoms with Crippen molar-refractivity contribution in [2.45, 2.75) is 26.7 Å². The van der Waals surface area contributed by atoms with Crippen molar-refractivity contribution in [1.29, 1.82) is 0 Å². The van der Waals surface area contributed by atoms with Crippen LogP contribution in [-0.4, -0.2) is 31.1 Å². The highest BCUT2D eigenvalue weighted by Gasteiger charge is 2.37. The Bertz CT molecular complexity index is 1020. The van der Waals surface area contributed by atoms with E-state index in [4.69, 9.17) is 9.47 Å². The smallest absolute Gasteiger partial charge is 0.335 e. The molecule has 1 aliphatic rings.